The molecule has 2 aromatic carbocycles. The third kappa shape index (κ3) is 3.72. The van der Waals surface area contributed by atoms with Gasteiger partial charge in [0.15, 0.2) is 5.01 Å². The molecule has 0 fully saturated rings. The van der Waals surface area contributed by atoms with Gasteiger partial charge in [-0.15, -0.1) is 11.3 Å². The van der Waals surface area contributed by atoms with E-state index >= 15 is 0 Å². The van der Waals surface area contributed by atoms with Crippen LogP contribution in [0, 0.1) is 0 Å². The number of hydrogen-bond donors (Lipinski definition) is 1. The van der Waals surface area contributed by atoms with Crippen molar-refractivity contribution in [1.82, 2.24) is 4.98 Å². The van der Waals surface area contributed by atoms with Gasteiger partial charge in [-0.25, -0.2) is 4.98 Å². The molecule has 4 nitrogen and oxygen atoms in total. The van der Waals surface area contributed by atoms with E-state index in [4.69, 9.17) is 0 Å². The van der Waals surface area contributed by atoms with E-state index in [0.717, 1.165) is 11.3 Å². The summed E-state index contributed by atoms with van der Waals surface area (Å²) in [5.74, 6) is -0.267. The van der Waals surface area contributed by atoms with Crippen LogP contribution in [0.2, 0.25) is 0 Å². The lowest BCUT2D eigenvalue weighted by Gasteiger charge is -2.04. The third-order valence-corrected chi connectivity index (χ3v) is 4.95. The zero-order valence-corrected chi connectivity index (χ0v) is 14.0. The van der Waals surface area contributed by atoms with Crippen LogP contribution in [0.25, 0.3) is 11.3 Å². The highest BCUT2D eigenvalue weighted by molar-refractivity contribution is 7.84. The Balaban J connectivity index is 1.78. The number of benzene rings is 2. The molecule has 0 aliphatic heterocycles. The van der Waals surface area contributed by atoms with Crippen molar-refractivity contribution in [1.29, 1.82) is 0 Å². The number of amides is 1. The van der Waals surface area contributed by atoms with Crippen LogP contribution in [0.15, 0.2) is 64.9 Å². The standard InChI is InChI=1S/C17H14N2O2S2/c1-23(21)14-9-5-8-13(10-14)18-16(20)17-19-15(11-22-17)12-6-3-2-4-7-12/h2-11H,1H3,(H,18,20)/t23-/m0/s1. The Bertz CT molecular complexity index is 860. The van der Waals surface area contributed by atoms with Crippen LogP contribution in [0.5, 0.6) is 0 Å². The van der Waals surface area contributed by atoms with Gasteiger partial charge in [0.05, 0.1) is 5.69 Å². The fourth-order valence-corrected chi connectivity index (χ4v) is 3.34. The fraction of sp³-hybridized carbons (Fsp3) is 0.0588. The minimum absolute atomic E-state index is 0.267. The molecule has 1 N–H and O–H groups in total. The first kappa shape index (κ1) is 15.6. The van der Waals surface area contributed by atoms with Gasteiger partial charge < -0.3 is 5.32 Å². The molecule has 0 aliphatic carbocycles. The van der Waals surface area contributed by atoms with Crippen molar-refractivity contribution in [2.45, 2.75) is 4.90 Å². The monoisotopic (exact) mass is 342 g/mol. The van der Waals surface area contributed by atoms with E-state index in [2.05, 4.69) is 10.3 Å². The van der Waals surface area contributed by atoms with Crippen molar-refractivity contribution in [3.8, 4) is 11.3 Å². The van der Waals surface area contributed by atoms with Gasteiger partial charge in [0.1, 0.15) is 0 Å². The molecule has 1 amide bonds. The van der Waals surface area contributed by atoms with Crippen LogP contribution in [-0.2, 0) is 10.8 Å². The van der Waals surface area contributed by atoms with Crippen LogP contribution < -0.4 is 5.32 Å². The van der Waals surface area contributed by atoms with Crippen LogP contribution in [0.3, 0.4) is 0 Å². The number of anilines is 1. The summed E-state index contributed by atoms with van der Waals surface area (Å²) in [4.78, 5) is 17.4. The van der Waals surface area contributed by atoms with Crippen molar-refractivity contribution < 1.29 is 9.00 Å². The highest BCUT2D eigenvalue weighted by atomic mass is 32.2. The summed E-state index contributed by atoms with van der Waals surface area (Å²) in [6.45, 7) is 0. The van der Waals surface area contributed by atoms with Crippen molar-refractivity contribution in [2.75, 3.05) is 11.6 Å². The molecule has 3 aromatic rings. The summed E-state index contributed by atoms with van der Waals surface area (Å²) in [7, 11) is -1.08. The minimum atomic E-state index is -1.08. The molecular formula is C17H14N2O2S2. The van der Waals surface area contributed by atoms with Gasteiger partial charge in [-0.2, -0.15) is 0 Å². The van der Waals surface area contributed by atoms with Crippen LogP contribution in [-0.4, -0.2) is 21.4 Å². The van der Waals surface area contributed by atoms with Gasteiger partial charge in [-0.1, -0.05) is 36.4 Å². The normalized spacial score (nSPS) is 11.9. The summed E-state index contributed by atoms with van der Waals surface area (Å²) in [5, 5.41) is 5.05. The molecule has 0 saturated heterocycles. The molecule has 0 bridgehead atoms. The topological polar surface area (TPSA) is 59.1 Å². The second-order valence-electron chi connectivity index (χ2n) is 4.84. The number of hydrogen-bond acceptors (Lipinski definition) is 4. The number of carbonyl (C=O) groups excluding carboxylic acids is 1. The summed E-state index contributed by atoms with van der Waals surface area (Å²) in [6, 6.07) is 16.7. The Kier molecular flexibility index (Phi) is 4.64. The quantitative estimate of drug-likeness (QED) is 0.784. The van der Waals surface area contributed by atoms with Gasteiger partial charge in [0.2, 0.25) is 0 Å². The number of thiazole rings is 1. The maximum absolute atomic E-state index is 12.3. The van der Waals surface area contributed by atoms with Crippen molar-refractivity contribution in [2.24, 2.45) is 0 Å². The molecule has 1 heterocycles. The first-order chi connectivity index (χ1) is 11.1. The first-order valence-corrected chi connectivity index (χ1v) is 9.33. The van der Waals surface area contributed by atoms with Gasteiger partial charge in [0, 0.05) is 38.6 Å². The van der Waals surface area contributed by atoms with E-state index in [9.17, 15) is 9.00 Å². The molecule has 1 aromatic heterocycles. The number of aromatic nitrogens is 1. The van der Waals surface area contributed by atoms with Gasteiger partial charge in [-0.3, -0.25) is 9.00 Å². The van der Waals surface area contributed by atoms with Crippen molar-refractivity contribution in [3.63, 3.8) is 0 Å². The molecule has 0 spiro atoms. The molecule has 0 radical (unpaired) electrons. The maximum atomic E-state index is 12.3. The smallest absolute Gasteiger partial charge is 0.284 e. The largest absolute Gasteiger partial charge is 0.320 e. The Morgan fingerprint density at radius 1 is 1.13 bits per heavy atom. The lowest BCUT2D eigenvalue weighted by Crippen LogP contribution is -2.11. The van der Waals surface area contributed by atoms with E-state index in [1.165, 1.54) is 11.3 Å². The molecule has 1 atom stereocenters. The molecule has 0 aliphatic rings. The predicted molar refractivity (Wildman–Crippen MR) is 94.3 cm³/mol. The Morgan fingerprint density at radius 3 is 2.65 bits per heavy atom. The van der Waals surface area contributed by atoms with Crippen LogP contribution in [0.1, 0.15) is 9.80 Å². The van der Waals surface area contributed by atoms with Gasteiger partial charge in [0.25, 0.3) is 5.91 Å². The number of nitrogens with zero attached hydrogens (tertiary/aromatic N) is 1. The zero-order chi connectivity index (χ0) is 16.2. The number of rotatable bonds is 4. The third-order valence-electron chi connectivity index (χ3n) is 3.19. The van der Waals surface area contributed by atoms with Crippen LogP contribution in [0.4, 0.5) is 5.69 Å². The number of carbonyl (C=O) groups is 1. The lowest BCUT2D eigenvalue weighted by molar-refractivity contribution is 0.102. The van der Waals surface area contributed by atoms with Crippen molar-refractivity contribution >= 4 is 33.7 Å². The Labute approximate surface area is 140 Å². The van der Waals surface area contributed by atoms with E-state index in [1.54, 1.807) is 30.5 Å². The molecule has 0 saturated carbocycles. The fourth-order valence-electron chi connectivity index (χ4n) is 2.06. The van der Waals surface area contributed by atoms with E-state index in [-0.39, 0.29) is 5.91 Å². The predicted octanol–water partition coefficient (Wildman–Crippen LogP) is 3.80. The van der Waals surface area contributed by atoms with Gasteiger partial charge >= 0.3 is 0 Å². The summed E-state index contributed by atoms with van der Waals surface area (Å²) in [6.07, 6.45) is 1.61. The highest BCUT2D eigenvalue weighted by Crippen LogP contribution is 2.22. The zero-order valence-electron chi connectivity index (χ0n) is 12.4. The molecule has 116 valence electrons. The summed E-state index contributed by atoms with van der Waals surface area (Å²) < 4.78 is 11.5. The van der Waals surface area contributed by atoms with E-state index in [0.29, 0.717) is 15.6 Å². The average molecular weight is 342 g/mol. The summed E-state index contributed by atoms with van der Waals surface area (Å²) in [5.41, 5.74) is 2.37. The van der Waals surface area contributed by atoms with Crippen LogP contribution >= 0.6 is 11.3 Å². The second kappa shape index (κ2) is 6.85. The molecule has 3 rings (SSSR count). The number of nitrogens with one attached hydrogen (secondary N) is 1. The second-order valence-corrected chi connectivity index (χ2v) is 7.08. The van der Waals surface area contributed by atoms with Gasteiger partial charge in [-0.05, 0) is 18.2 Å². The lowest BCUT2D eigenvalue weighted by atomic mass is 10.2. The van der Waals surface area contributed by atoms with E-state index in [1.807, 2.05) is 35.7 Å². The van der Waals surface area contributed by atoms with Crippen molar-refractivity contribution in [3.05, 3.63) is 65.0 Å². The Morgan fingerprint density at radius 2 is 1.91 bits per heavy atom. The first-order valence-electron chi connectivity index (χ1n) is 6.89. The minimum Gasteiger partial charge on any atom is -0.320 e. The molecule has 6 heteroatoms. The summed E-state index contributed by atoms with van der Waals surface area (Å²) >= 11 is 1.30. The SMILES string of the molecule is C[S@](=O)c1cccc(NC(=O)c2nc(-c3ccccc3)cs2)c1. The molecule has 0 unspecified atom stereocenters. The van der Waals surface area contributed by atoms with E-state index < -0.39 is 10.8 Å². The molecule has 23 heavy (non-hydrogen) atoms. The molecular weight excluding hydrogens is 328 g/mol. The highest BCUT2D eigenvalue weighted by Gasteiger charge is 2.12. The average Bonchev–Trinajstić information content (AvgIpc) is 3.06. The Hall–Kier alpha value is -2.31. The maximum Gasteiger partial charge on any atom is 0.284 e.